The van der Waals surface area contributed by atoms with E-state index < -0.39 is 26.1 Å². The summed E-state index contributed by atoms with van der Waals surface area (Å²) in [5.74, 6) is -0.832. The Bertz CT molecular complexity index is 1360. The molecule has 0 radical (unpaired) electrons. The lowest BCUT2D eigenvalue weighted by molar-refractivity contribution is -0.152. The van der Waals surface area contributed by atoms with Crippen LogP contribution in [0.1, 0.15) is 113 Å². The summed E-state index contributed by atoms with van der Waals surface area (Å²) in [4.78, 5) is 59.3. The van der Waals surface area contributed by atoms with E-state index >= 15 is 0 Å². The van der Waals surface area contributed by atoms with Crippen LogP contribution in [0.15, 0.2) is 11.1 Å². The highest BCUT2D eigenvalue weighted by molar-refractivity contribution is 7.48. The quantitative estimate of drug-likeness (QED) is 0.0486. The number of phosphoric acid groups is 1. The summed E-state index contributed by atoms with van der Waals surface area (Å²) in [6.07, 6.45) is 9.34. The highest BCUT2D eigenvalue weighted by Crippen LogP contribution is 2.49. The van der Waals surface area contributed by atoms with Crippen LogP contribution < -0.4 is 10.9 Å². The molecule has 50 heavy (non-hydrogen) atoms. The molecule has 2 N–H and O–H groups in total. The summed E-state index contributed by atoms with van der Waals surface area (Å²) in [6, 6.07) is 0. The predicted octanol–water partition coefficient (Wildman–Crippen LogP) is 6.49. The molecule has 2 rings (SSSR count). The van der Waals surface area contributed by atoms with E-state index in [-0.39, 0.29) is 68.3 Å². The number of fused-ring (bicyclic) bond motifs is 1. The number of aromatic amines is 1. The number of aromatic nitrogens is 4. The van der Waals surface area contributed by atoms with E-state index in [1.54, 1.807) is 18.4 Å². The van der Waals surface area contributed by atoms with Crippen LogP contribution in [-0.4, -0.2) is 70.6 Å². The van der Waals surface area contributed by atoms with Gasteiger partial charge in [0.25, 0.3) is 5.56 Å². The van der Waals surface area contributed by atoms with Gasteiger partial charge < -0.3 is 14.2 Å². The second-order valence-electron chi connectivity index (χ2n) is 11.3. The number of rotatable bonds is 25. The van der Waals surface area contributed by atoms with Crippen molar-refractivity contribution in [3.63, 3.8) is 0 Å². The average molecular weight is 732 g/mol. The lowest BCUT2D eigenvalue weighted by Crippen LogP contribution is -2.25. The molecular formula is C33H58N5O11P. The van der Waals surface area contributed by atoms with Crippen molar-refractivity contribution in [2.45, 2.75) is 119 Å². The lowest BCUT2D eigenvalue weighted by Gasteiger charge is -2.15. The van der Waals surface area contributed by atoms with Gasteiger partial charge in [0.2, 0.25) is 18.6 Å². The van der Waals surface area contributed by atoms with Gasteiger partial charge in [-0.2, -0.15) is 4.98 Å². The minimum absolute atomic E-state index is 0.0635. The maximum absolute atomic E-state index is 12.6. The zero-order chi connectivity index (χ0) is 37.4. The Kier molecular flexibility index (Phi) is 23.1. The van der Waals surface area contributed by atoms with Crippen LogP contribution in [0, 0.1) is 11.8 Å². The molecular weight excluding hydrogens is 673 g/mol. The summed E-state index contributed by atoms with van der Waals surface area (Å²) in [6.45, 7) is 13.8. The number of carbonyl (C=O) groups excluding carboxylic acids is 3. The van der Waals surface area contributed by atoms with Gasteiger partial charge in [-0.3, -0.25) is 43.1 Å². The fraction of sp³-hybridized carbons (Fsp3) is 0.758. The number of ether oxygens (including phenoxy) is 3. The number of hydrogen-bond donors (Lipinski definition) is 2. The predicted molar refractivity (Wildman–Crippen MR) is 188 cm³/mol. The topological polar surface area (TPSA) is 199 Å². The molecule has 0 fully saturated rings. The van der Waals surface area contributed by atoms with E-state index in [1.807, 2.05) is 20.8 Å². The van der Waals surface area contributed by atoms with Crippen molar-refractivity contribution in [1.82, 2.24) is 19.5 Å². The molecule has 2 aromatic rings. The second-order valence-corrected chi connectivity index (χ2v) is 13.0. The Morgan fingerprint density at radius 3 is 2.00 bits per heavy atom. The van der Waals surface area contributed by atoms with Gasteiger partial charge in [-0.05, 0) is 46.0 Å². The van der Waals surface area contributed by atoms with E-state index in [1.165, 1.54) is 6.33 Å². The average Bonchev–Trinajstić information content (AvgIpc) is 3.48. The molecule has 0 aromatic carbocycles. The molecule has 286 valence electrons. The first-order chi connectivity index (χ1) is 24.0. The monoisotopic (exact) mass is 731 g/mol. The molecule has 0 aliphatic rings. The van der Waals surface area contributed by atoms with Crippen molar-refractivity contribution in [3.05, 3.63) is 16.7 Å². The molecule has 16 nitrogen and oxygen atoms in total. The summed E-state index contributed by atoms with van der Waals surface area (Å²) >= 11 is 0. The van der Waals surface area contributed by atoms with Gasteiger partial charge >= 0.3 is 19.8 Å². The van der Waals surface area contributed by atoms with Crippen LogP contribution >= 0.6 is 7.82 Å². The molecule has 2 heterocycles. The number of esters is 2. The van der Waals surface area contributed by atoms with Gasteiger partial charge in [-0.15, -0.1) is 0 Å². The van der Waals surface area contributed by atoms with Gasteiger partial charge in [0, 0.05) is 12.3 Å². The smallest absolute Gasteiger partial charge is 0.463 e. The zero-order valence-corrected chi connectivity index (χ0v) is 31.7. The molecule has 0 saturated heterocycles. The molecule has 0 atom stereocenters. The summed E-state index contributed by atoms with van der Waals surface area (Å²) in [5, 5.41) is 2.74. The lowest BCUT2D eigenvalue weighted by atomic mass is 9.97. The Hall–Kier alpha value is -3.17. The van der Waals surface area contributed by atoms with Gasteiger partial charge in [-0.25, -0.2) is 14.1 Å². The number of anilines is 1. The number of H-pyrrole nitrogens is 1. The molecule has 0 unspecified atom stereocenters. The number of amides is 1. The highest BCUT2D eigenvalue weighted by Gasteiger charge is 2.26. The molecule has 0 aliphatic heterocycles. The summed E-state index contributed by atoms with van der Waals surface area (Å²) in [5.41, 5.74) is 0.0339. The van der Waals surface area contributed by atoms with E-state index in [0.29, 0.717) is 18.5 Å². The molecule has 0 saturated carbocycles. The first-order valence-corrected chi connectivity index (χ1v) is 19.2. The highest BCUT2D eigenvalue weighted by atomic mass is 31.2. The molecule has 0 spiro atoms. The van der Waals surface area contributed by atoms with Crippen molar-refractivity contribution >= 4 is 42.8 Å². The number of carbonyl (C=O) groups is 3. The summed E-state index contributed by atoms with van der Waals surface area (Å²) in [7, 11) is -3.57. The Balaban J connectivity index is 0.000000657. The van der Waals surface area contributed by atoms with Crippen molar-refractivity contribution in [2.24, 2.45) is 11.8 Å². The van der Waals surface area contributed by atoms with Crippen molar-refractivity contribution in [1.29, 1.82) is 0 Å². The van der Waals surface area contributed by atoms with E-state index in [2.05, 4.69) is 38.9 Å². The standard InChI is InChI=1S/C24H39N5O5.C9H19O6P/c1-5-9-17(10-6-2)21(30)27-24-26-20-19(22(31)28-24)25-15-29(20)16-33-13-14-34-23(32)18(11-7-3)12-8-4;1-4-7-9(10)12-8-15-16(11,13-5-2)14-6-3/h15,17-18H,5-14,16H2,1-4H3,(H2,26,27,28,30,31);4-8H2,1-3H3. The van der Waals surface area contributed by atoms with E-state index in [0.717, 1.165) is 51.4 Å². The Morgan fingerprint density at radius 1 is 0.840 bits per heavy atom. The fourth-order valence-electron chi connectivity index (χ4n) is 4.85. The summed E-state index contributed by atoms with van der Waals surface area (Å²) < 4.78 is 43.4. The van der Waals surface area contributed by atoms with Gasteiger partial charge in [0.15, 0.2) is 11.2 Å². The SMILES string of the molecule is CCCC(=O)OCOP(=O)(OCC)OCC.CCCC(CCC)C(=O)Nc1nc2c(ncn2COCCOC(=O)C(CCC)CCC)c(=O)[nH]1. The zero-order valence-electron chi connectivity index (χ0n) is 30.8. The van der Waals surface area contributed by atoms with Crippen LogP contribution in [0.25, 0.3) is 11.2 Å². The Morgan fingerprint density at radius 2 is 1.44 bits per heavy atom. The fourth-order valence-corrected chi connectivity index (χ4v) is 5.89. The van der Waals surface area contributed by atoms with Gasteiger partial charge in [0.05, 0.1) is 32.1 Å². The number of hydrogen-bond acceptors (Lipinski definition) is 13. The van der Waals surface area contributed by atoms with Crippen LogP contribution in [0.2, 0.25) is 0 Å². The number of nitrogens with one attached hydrogen (secondary N) is 2. The van der Waals surface area contributed by atoms with Gasteiger partial charge in [-0.1, -0.05) is 60.3 Å². The first-order valence-electron chi connectivity index (χ1n) is 17.7. The number of phosphoric ester groups is 1. The van der Waals surface area contributed by atoms with Crippen LogP contribution in [0.3, 0.4) is 0 Å². The molecule has 2 aromatic heterocycles. The van der Waals surface area contributed by atoms with Crippen molar-refractivity contribution in [3.8, 4) is 0 Å². The van der Waals surface area contributed by atoms with Crippen LogP contribution in [0.4, 0.5) is 5.95 Å². The molecule has 0 bridgehead atoms. The molecule has 17 heteroatoms. The van der Waals surface area contributed by atoms with Crippen LogP contribution in [0.5, 0.6) is 0 Å². The second kappa shape index (κ2) is 25.7. The number of imidazole rings is 1. The maximum atomic E-state index is 12.6. The van der Waals surface area contributed by atoms with Crippen molar-refractivity contribution < 1.29 is 46.7 Å². The molecule has 0 aliphatic carbocycles. The van der Waals surface area contributed by atoms with Gasteiger partial charge in [0.1, 0.15) is 13.3 Å². The van der Waals surface area contributed by atoms with Crippen molar-refractivity contribution in [2.75, 3.05) is 38.5 Å². The van der Waals surface area contributed by atoms with Crippen LogP contribution in [-0.2, 0) is 53.5 Å². The number of nitrogens with zero attached hydrogens (tertiary/aromatic N) is 3. The third kappa shape index (κ3) is 16.7. The minimum Gasteiger partial charge on any atom is -0.463 e. The largest absolute Gasteiger partial charge is 0.477 e. The van der Waals surface area contributed by atoms with E-state index in [9.17, 15) is 23.7 Å². The third-order valence-electron chi connectivity index (χ3n) is 7.13. The first kappa shape index (κ1) is 44.9. The minimum atomic E-state index is -3.57. The normalized spacial score (nSPS) is 11.5. The third-order valence-corrected chi connectivity index (χ3v) is 8.70. The maximum Gasteiger partial charge on any atom is 0.477 e. The Labute approximate surface area is 295 Å². The molecule has 1 amide bonds. The van der Waals surface area contributed by atoms with E-state index in [4.69, 9.17) is 23.0 Å².